The summed E-state index contributed by atoms with van der Waals surface area (Å²) in [4.78, 5) is 0. The molecule has 0 saturated carbocycles. The smallest absolute Gasteiger partial charge is 0.358 e. The van der Waals surface area contributed by atoms with Crippen molar-refractivity contribution >= 4 is 38.0 Å². The Kier molecular flexibility index (Phi) is 7.22. The molecule has 0 aliphatic heterocycles. The van der Waals surface area contributed by atoms with Gasteiger partial charge in [0.2, 0.25) is 0 Å². The topological polar surface area (TPSA) is 4.93 Å². The molecule has 0 atom stereocenters. The monoisotopic (exact) mass is 483 g/mol. The third-order valence-corrected chi connectivity index (χ3v) is 7.00. The molecule has 1 aromatic heterocycles. The zero-order chi connectivity index (χ0) is 23.2. The fourth-order valence-electron chi connectivity index (χ4n) is 5.29. The van der Waals surface area contributed by atoms with Crippen LogP contribution in [0.3, 0.4) is 0 Å². The van der Waals surface area contributed by atoms with Gasteiger partial charge in [-0.3, -0.25) is 5.57 Å². The van der Waals surface area contributed by atoms with Gasteiger partial charge in [-0.15, -0.1) is 17.5 Å². The van der Waals surface area contributed by atoms with Crippen molar-refractivity contribution in [1.82, 2.24) is 4.57 Å². The minimum atomic E-state index is 0. The van der Waals surface area contributed by atoms with Gasteiger partial charge in [-0.1, -0.05) is 84.5 Å². The normalized spacial score (nSPS) is 12.8. The van der Waals surface area contributed by atoms with E-state index in [9.17, 15) is 0 Å². The van der Waals surface area contributed by atoms with Crippen LogP contribution in [0, 0.1) is 19.6 Å². The summed E-state index contributed by atoms with van der Waals surface area (Å²) >= 11 is 0. The first-order valence-electron chi connectivity index (χ1n) is 12.2. The molecule has 6 aromatic rings. The first-order valence-corrected chi connectivity index (χ1v) is 12.2. The number of hydrogen-bond acceptors (Lipinski definition) is 0. The number of nitrogens with zero attached hydrogens (tertiary/aromatic N) is 1. The fraction of sp³-hybridized carbons (Fsp3) is 0.0571. The predicted octanol–water partition coefficient (Wildman–Crippen LogP) is 6.39. The van der Waals surface area contributed by atoms with Gasteiger partial charge in [-0.05, 0) is 35.2 Å². The van der Waals surface area contributed by atoms with Crippen LogP contribution in [-0.2, 0) is 0 Å². The van der Waals surface area contributed by atoms with E-state index in [1.807, 2.05) is 0 Å². The van der Waals surface area contributed by atoms with Gasteiger partial charge in [0, 0.05) is 17.0 Å². The van der Waals surface area contributed by atoms with E-state index in [4.69, 9.17) is 0 Å². The van der Waals surface area contributed by atoms with Crippen molar-refractivity contribution in [3.63, 3.8) is 0 Å². The number of hydrogen-bond donors (Lipinski definition) is 0. The van der Waals surface area contributed by atoms with Crippen LogP contribution in [0.25, 0.3) is 54.8 Å². The largest absolute Gasteiger partial charge is 1.00 e. The summed E-state index contributed by atoms with van der Waals surface area (Å²) in [6.45, 7) is 0. The molecule has 1 heterocycles. The summed E-state index contributed by atoms with van der Waals surface area (Å²) in [5.41, 5.74) is 7.14. The Hall–Kier alpha value is -3.36. The third kappa shape index (κ3) is 4.49. The van der Waals surface area contributed by atoms with Gasteiger partial charge >= 0.3 is 29.6 Å². The summed E-state index contributed by atoms with van der Waals surface area (Å²) in [5.74, 6) is 0. The minimum absolute atomic E-state index is 0. The molecule has 174 valence electrons. The number of benzene rings is 5. The van der Waals surface area contributed by atoms with Crippen LogP contribution in [0.5, 0.6) is 0 Å². The molecule has 1 aliphatic carbocycles. The molecule has 0 saturated heterocycles. The van der Waals surface area contributed by atoms with Crippen LogP contribution in [0.4, 0.5) is 0 Å². The van der Waals surface area contributed by atoms with E-state index in [1.54, 1.807) is 0 Å². The van der Waals surface area contributed by atoms with Gasteiger partial charge in [0.1, 0.15) is 0 Å². The first kappa shape index (κ1) is 25.3. The third-order valence-electron chi connectivity index (χ3n) is 7.00. The predicted molar refractivity (Wildman–Crippen MR) is 154 cm³/mol. The van der Waals surface area contributed by atoms with E-state index >= 15 is 0 Å². The van der Waals surface area contributed by atoms with Crippen molar-refractivity contribution < 1.29 is 29.6 Å². The molecule has 0 unspecified atom stereocenters. The Balaban J connectivity index is 0.00000140. The molecule has 2 heteroatoms. The molecule has 0 N–H and O–H groups in total. The van der Waals surface area contributed by atoms with E-state index in [2.05, 4.69) is 132 Å². The molecule has 1 aliphatic rings. The standard InChI is InChI=1S/C34H23N.CH3.Na/c1-2-9-24(10-3-1)29-22-26-12-5-6-14-30(26)32(23-29)27-17-18-33-28(21-27)19-20-35(33)34-16-8-13-25-11-4-7-15-31(25)34;;/h2,4-9,11-21,23H,1,3H2;1H3;/q-2;-1;+1. The number of allylic oxidation sites excluding steroid dienone is 4. The van der Waals surface area contributed by atoms with Crippen LogP contribution < -0.4 is 29.6 Å². The minimum Gasteiger partial charge on any atom is -0.358 e. The van der Waals surface area contributed by atoms with Crippen LogP contribution in [0.1, 0.15) is 18.4 Å². The van der Waals surface area contributed by atoms with E-state index in [1.165, 1.54) is 43.9 Å². The second-order valence-corrected chi connectivity index (χ2v) is 9.13. The molecule has 37 heavy (non-hydrogen) atoms. The van der Waals surface area contributed by atoms with Crippen molar-refractivity contribution in [3.05, 3.63) is 141 Å². The second kappa shape index (κ2) is 10.6. The molecule has 0 spiro atoms. The zero-order valence-electron chi connectivity index (χ0n) is 21.3. The molecular weight excluding hydrogens is 457 g/mol. The summed E-state index contributed by atoms with van der Waals surface area (Å²) in [7, 11) is 0. The number of rotatable bonds is 3. The Bertz CT molecular complexity index is 1800. The SMILES string of the molecule is [C-]1=C(c2[c-]c3ccccc3c(-c3ccc4c(ccn4-c4cccc5ccccc45)c3)c2)C=CCC1.[CH3-].[Na+]. The van der Waals surface area contributed by atoms with Gasteiger partial charge in [0.05, 0.1) is 11.2 Å². The Labute approximate surface area is 241 Å². The Morgan fingerprint density at radius 3 is 2.41 bits per heavy atom. The summed E-state index contributed by atoms with van der Waals surface area (Å²) in [6, 6.07) is 38.6. The summed E-state index contributed by atoms with van der Waals surface area (Å²) in [5, 5.41) is 6.12. The van der Waals surface area contributed by atoms with E-state index < -0.39 is 0 Å². The molecular formula is C35H26NNa-2. The second-order valence-electron chi connectivity index (χ2n) is 9.13. The maximum Gasteiger partial charge on any atom is 1.00 e. The quantitative estimate of drug-likeness (QED) is 0.203. The average Bonchev–Trinajstić information content (AvgIpc) is 3.36. The van der Waals surface area contributed by atoms with Crippen molar-refractivity contribution in [2.24, 2.45) is 0 Å². The molecule has 5 aromatic carbocycles. The van der Waals surface area contributed by atoms with Crippen LogP contribution in [0.2, 0.25) is 0 Å². The van der Waals surface area contributed by atoms with Crippen molar-refractivity contribution in [1.29, 1.82) is 0 Å². The van der Waals surface area contributed by atoms with Crippen LogP contribution in [-0.4, -0.2) is 4.57 Å². The Morgan fingerprint density at radius 2 is 1.54 bits per heavy atom. The molecule has 0 radical (unpaired) electrons. The zero-order valence-corrected chi connectivity index (χ0v) is 23.3. The Morgan fingerprint density at radius 1 is 0.730 bits per heavy atom. The molecule has 0 amide bonds. The maximum absolute atomic E-state index is 3.63. The maximum atomic E-state index is 3.63. The average molecular weight is 484 g/mol. The molecule has 1 nitrogen and oxygen atoms in total. The first-order chi connectivity index (χ1) is 17.3. The van der Waals surface area contributed by atoms with E-state index in [0.717, 1.165) is 29.4 Å². The van der Waals surface area contributed by atoms with Crippen molar-refractivity contribution in [2.45, 2.75) is 12.8 Å². The summed E-state index contributed by atoms with van der Waals surface area (Å²) < 4.78 is 2.30. The number of aromatic nitrogens is 1. The molecule has 0 bridgehead atoms. The van der Waals surface area contributed by atoms with Gasteiger partial charge in [-0.25, -0.2) is 17.7 Å². The van der Waals surface area contributed by atoms with Gasteiger partial charge in [0.25, 0.3) is 0 Å². The van der Waals surface area contributed by atoms with Gasteiger partial charge < -0.3 is 12.0 Å². The van der Waals surface area contributed by atoms with Crippen molar-refractivity contribution in [2.75, 3.05) is 0 Å². The van der Waals surface area contributed by atoms with Crippen LogP contribution in [0.15, 0.2) is 115 Å². The number of fused-ring (bicyclic) bond motifs is 3. The summed E-state index contributed by atoms with van der Waals surface area (Å²) in [6.07, 6.45) is 12.2. The van der Waals surface area contributed by atoms with Gasteiger partial charge in [0.15, 0.2) is 0 Å². The van der Waals surface area contributed by atoms with E-state index in [-0.39, 0.29) is 37.0 Å². The molecule has 7 rings (SSSR count). The van der Waals surface area contributed by atoms with Gasteiger partial charge in [-0.2, -0.15) is 12.1 Å². The van der Waals surface area contributed by atoms with Crippen LogP contribution >= 0.6 is 0 Å². The van der Waals surface area contributed by atoms with Crippen molar-refractivity contribution in [3.8, 4) is 16.8 Å². The fourth-order valence-corrected chi connectivity index (χ4v) is 5.29. The molecule has 0 fully saturated rings. The van der Waals surface area contributed by atoms with E-state index in [0.29, 0.717) is 0 Å².